The highest BCUT2D eigenvalue weighted by Crippen LogP contribution is 2.30. The third kappa shape index (κ3) is 4.98. The summed E-state index contributed by atoms with van der Waals surface area (Å²) in [5.74, 6) is -1.14. The predicted octanol–water partition coefficient (Wildman–Crippen LogP) is 3.68. The number of fused-ring (bicyclic) bond motifs is 1. The molecule has 0 saturated carbocycles. The second-order valence-electron chi connectivity index (χ2n) is 7.30. The molecule has 4 aromatic rings. The van der Waals surface area contributed by atoms with E-state index in [9.17, 15) is 14.0 Å². The van der Waals surface area contributed by atoms with Gasteiger partial charge in [0.2, 0.25) is 5.91 Å². The van der Waals surface area contributed by atoms with Gasteiger partial charge in [-0.2, -0.15) is 0 Å². The Balaban J connectivity index is 1.79. The Morgan fingerprint density at radius 3 is 2.50 bits per heavy atom. The number of nitrogens with zero attached hydrogens (tertiary/aromatic N) is 4. The van der Waals surface area contributed by atoms with Crippen LogP contribution in [0.2, 0.25) is 5.02 Å². The number of amides is 2. The van der Waals surface area contributed by atoms with Crippen molar-refractivity contribution in [2.45, 2.75) is 13.0 Å². The Labute approximate surface area is 198 Å². The smallest absolute Gasteiger partial charge is 0.275 e. The van der Waals surface area contributed by atoms with E-state index in [0.717, 1.165) is 0 Å². The maximum atomic E-state index is 14.7. The highest BCUT2D eigenvalue weighted by Gasteiger charge is 2.17. The molecule has 0 aliphatic carbocycles. The molecule has 9 nitrogen and oxygen atoms in total. The van der Waals surface area contributed by atoms with Crippen LogP contribution in [0.15, 0.2) is 55.0 Å². The molecule has 1 aromatic carbocycles. The zero-order valence-corrected chi connectivity index (χ0v) is 18.9. The average Bonchev–Trinajstić information content (AvgIpc) is 2.83. The van der Waals surface area contributed by atoms with Gasteiger partial charge in [-0.3, -0.25) is 9.59 Å². The summed E-state index contributed by atoms with van der Waals surface area (Å²) in [7, 11) is 1.65. The summed E-state index contributed by atoms with van der Waals surface area (Å²) >= 11 is 5.84. The van der Waals surface area contributed by atoms with Gasteiger partial charge in [0.05, 0.1) is 27.7 Å². The topological polar surface area (TPSA) is 122 Å². The van der Waals surface area contributed by atoms with E-state index >= 15 is 0 Å². The zero-order valence-electron chi connectivity index (χ0n) is 18.1. The molecule has 2 amide bonds. The third-order valence-corrected chi connectivity index (χ3v) is 5.21. The second-order valence-corrected chi connectivity index (χ2v) is 7.73. The molecule has 11 heteroatoms. The number of hydrogen-bond acceptors (Lipinski definition) is 7. The van der Waals surface area contributed by atoms with Crippen LogP contribution in [0.1, 0.15) is 17.4 Å². The number of benzene rings is 1. The van der Waals surface area contributed by atoms with Gasteiger partial charge >= 0.3 is 0 Å². The lowest BCUT2D eigenvalue weighted by molar-refractivity contribution is -0.117. The van der Waals surface area contributed by atoms with Gasteiger partial charge in [-0.1, -0.05) is 17.7 Å². The van der Waals surface area contributed by atoms with Crippen LogP contribution in [0.3, 0.4) is 0 Å². The van der Waals surface area contributed by atoms with Gasteiger partial charge in [-0.15, -0.1) is 0 Å². The molecular weight excluding hydrogens is 461 g/mol. The average molecular weight is 480 g/mol. The van der Waals surface area contributed by atoms with Crippen molar-refractivity contribution < 1.29 is 14.0 Å². The highest BCUT2D eigenvalue weighted by molar-refractivity contribution is 6.30. The summed E-state index contributed by atoms with van der Waals surface area (Å²) in [6, 6.07) is 10.1. The molecule has 0 aliphatic rings. The molecule has 3 aromatic heterocycles. The lowest BCUT2D eigenvalue weighted by Gasteiger charge is -2.14. The van der Waals surface area contributed by atoms with Gasteiger partial charge in [0.1, 0.15) is 29.5 Å². The van der Waals surface area contributed by atoms with Crippen molar-refractivity contribution in [3.8, 4) is 11.3 Å². The highest BCUT2D eigenvalue weighted by atomic mass is 35.5. The van der Waals surface area contributed by atoms with E-state index in [0.29, 0.717) is 16.1 Å². The first-order valence-electron chi connectivity index (χ1n) is 10.2. The van der Waals surface area contributed by atoms with Gasteiger partial charge in [0, 0.05) is 11.8 Å². The van der Waals surface area contributed by atoms with Crippen LogP contribution < -0.4 is 16.0 Å². The maximum Gasteiger partial charge on any atom is 0.275 e. The van der Waals surface area contributed by atoms with Crippen molar-refractivity contribution in [2.24, 2.45) is 0 Å². The van der Waals surface area contributed by atoms with Gasteiger partial charge < -0.3 is 16.0 Å². The number of pyridine rings is 2. The summed E-state index contributed by atoms with van der Waals surface area (Å²) < 4.78 is 14.7. The summed E-state index contributed by atoms with van der Waals surface area (Å²) in [5.41, 5.74) is 1.22. The van der Waals surface area contributed by atoms with Crippen LogP contribution >= 0.6 is 11.6 Å². The predicted molar refractivity (Wildman–Crippen MR) is 127 cm³/mol. The van der Waals surface area contributed by atoms with Crippen molar-refractivity contribution >= 4 is 46.0 Å². The quantitative estimate of drug-likeness (QED) is 0.385. The molecule has 0 aliphatic heterocycles. The largest absolute Gasteiger partial charge is 0.309 e. The number of rotatable bonds is 6. The fourth-order valence-electron chi connectivity index (χ4n) is 3.14. The Bertz CT molecular complexity index is 1380. The number of carbonyl (C=O) groups excluding carboxylic acids is 2. The second kappa shape index (κ2) is 9.86. The molecule has 0 radical (unpaired) electrons. The minimum absolute atomic E-state index is 0.106. The van der Waals surface area contributed by atoms with Crippen molar-refractivity contribution in [1.82, 2.24) is 25.3 Å². The molecule has 1 atom stereocenters. The number of likely N-dealkylation sites (N-methyl/N-ethyl adjacent to an activating group) is 1. The van der Waals surface area contributed by atoms with Crippen molar-refractivity contribution in [3.05, 3.63) is 71.5 Å². The summed E-state index contributed by atoms with van der Waals surface area (Å²) in [6.45, 7) is 1.68. The molecule has 0 saturated heterocycles. The number of carbonyl (C=O) groups is 2. The molecule has 0 bridgehead atoms. The number of anilines is 2. The minimum Gasteiger partial charge on any atom is -0.309 e. The third-order valence-electron chi connectivity index (χ3n) is 4.99. The van der Waals surface area contributed by atoms with E-state index in [-0.39, 0.29) is 34.3 Å². The van der Waals surface area contributed by atoms with Gasteiger partial charge in [0.25, 0.3) is 5.91 Å². The fraction of sp³-hybridized carbons (Fsp3) is 0.130. The number of aromatic nitrogens is 4. The van der Waals surface area contributed by atoms with Crippen LogP contribution in [0.4, 0.5) is 16.0 Å². The summed E-state index contributed by atoms with van der Waals surface area (Å²) in [6.07, 6.45) is 2.66. The SMILES string of the molecule is CNC(C)C(=O)Nc1cc(-c2ncnc3cccc(F)c23)cc(NC(=O)c2ccc(Cl)cn2)n1. The van der Waals surface area contributed by atoms with Crippen LogP contribution in [0.25, 0.3) is 22.2 Å². The van der Waals surface area contributed by atoms with E-state index in [2.05, 4.69) is 35.9 Å². The molecular formula is C23H19ClFN7O2. The Hall–Kier alpha value is -4.02. The zero-order chi connectivity index (χ0) is 24.2. The lowest BCUT2D eigenvalue weighted by Crippen LogP contribution is -2.35. The first kappa shape index (κ1) is 23.1. The van der Waals surface area contributed by atoms with Crippen molar-refractivity contribution in [2.75, 3.05) is 17.7 Å². The number of halogens is 2. The van der Waals surface area contributed by atoms with Crippen LogP contribution in [-0.2, 0) is 4.79 Å². The molecule has 0 spiro atoms. The van der Waals surface area contributed by atoms with E-state index in [1.807, 2.05) is 0 Å². The minimum atomic E-state index is -0.541. The molecule has 172 valence electrons. The number of nitrogens with one attached hydrogen (secondary N) is 3. The standard InChI is InChI=1S/C23H19ClFN7O2/c1-12(26-2)22(33)31-18-8-13(21-20-15(25)4-3-5-16(20)28-11-29-21)9-19(30-18)32-23(34)17-7-6-14(24)10-27-17/h3-12,26H,1-2H3,(H2,30,31,32,33,34). The van der Waals surface area contributed by atoms with Gasteiger partial charge in [-0.25, -0.2) is 24.3 Å². The molecule has 34 heavy (non-hydrogen) atoms. The van der Waals surface area contributed by atoms with Crippen molar-refractivity contribution in [1.29, 1.82) is 0 Å². The fourth-order valence-corrected chi connectivity index (χ4v) is 3.25. The number of hydrogen-bond donors (Lipinski definition) is 3. The van der Waals surface area contributed by atoms with Crippen LogP contribution in [-0.4, -0.2) is 44.8 Å². The molecule has 4 rings (SSSR count). The lowest BCUT2D eigenvalue weighted by atomic mass is 10.1. The summed E-state index contributed by atoms with van der Waals surface area (Å²) in [4.78, 5) is 41.8. The molecule has 1 unspecified atom stereocenters. The molecule has 3 N–H and O–H groups in total. The van der Waals surface area contributed by atoms with E-state index in [4.69, 9.17) is 11.6 Å². The Kier molecular flexibility index (Phi) is 6.71. The van der Waals surface area contributed by atoms with E-state index in [1.165, 1.54) is 36.8 Å². The van der Waals surface area contributed by atoms with Crippen LogP contribution in [0, 0.1) is 5.82 Å². The Morgan fingerprint density at radius 1 is 1.03 bits per heavy atom. The first-order valence-corrected chi connectivity index (χ1v) is 10.6. The van der Waals surface area contributed by atoms with Crippen molar-refractivity contribution in [3.63, 3.8) is 0 Å². The molecule has 0 fully saturated rings. The molecule has 3 heterocycles. The van der Waals surface area contributed by atoms with E-state index in [1.54, 1.807) is 32.2 Å². The normalized spacial score (nSPS) is 11.8. The van der Waals surface area contributed by atoms with Crippen LogP contribution in [0.5, 0.6) is 0 Å². The monoisotopic (exact) mass is 479 g/mol. The first-order chi connectivity index (χ1) is 16.4. The Morgan fingerprint density at radius 2 is 1.79 bits per heavy atom. The van der Waals surface area contributed by atoms with Gasteiger partial charge in [-0.05, 0) is 50.4 Å². The summed E-state index contributed by atoms with van der Waals surface area (Å²) in [5, 5.41) is 8.77. The van der Waals surface area contributed by atoms with Gasteiger partial charge in [0.15, 0.2) is 0 Å². The van der Waals surface area contributed by atoms with E-state index < -0.39 is 17.8 Å². The maximum absolute atomic E-state index is 14.7.